The van der Waals surface area contributed by atoms with Crippen LogP contribution in [0.3, 0.4) is 0 Å². The molecule has 0 bridgehead atoms. The van der Waals surface area contributed by atoms with Gasteiger partial charge in [0.15, 0.2) is 5.69 Å². The van der Waals surface area contributed by atoms with Crippen LogP contribution in [0.5, 0.6) is 0 Å². The SMILES string of the molecule is CCOC(=O)Cc1nnc(NC(=O)c2ccn(C3CCCNC3)n2)s1. The zero-order valence-electron chi connectivity index (χ0n) is 13.9. The van der Waals surface area contributed by atoms with E-state index in [0.29, 0.717) is 22.4 Å². The highest BCUT2D eigenvalue weighted by atomic mass is 32.1. The van der Waals surface area contributed by atoms with Crippen LogP contribution in [0.1, 0.15) is 41.3 Å². The summed E-state index contributed by atoms with van der Waals surface area (Å²) in [6.45, 7) is 3.94. The first-order valence-electron chi connectivity index (χ1n) is 8.21. The van der Waals surface area contributed by atoms with E-state index in [1.165, 1.54) is 0 Å². The third-order valence-corrected chi connectivity index (χ3v) is 4.61. The molecule has 1 atom stereocenters. The van der Waals surface area contributed by atoms with Crippen LogP contribution in [0, 0.1) is 0 Å². The fourth-order valence-electron chi connectivity index (χ4n) is 2.59. The van der Waals surface area contributed by atoms with Crippen LogP contribution in [0.25, 0.3) is 0 Å². The first kappa shape index (κ1) is 17.5. The molecule has 2 aromatic rings. The van der Waals surface area contributed by atoms with E-state index in [-0.39, 0.29) is 24.3 Å². The lowest BCUT2D eigenvalue weighted by Gasteiger charge is -2.22. The Morgan fingerprint density at radius 1 is 1.48 bits per heavy atom. The second-order valence-electron chi connectivity index (χ2n) is 5.62. The second kappa shape index (κ2) is 8.17. The predicted octanol–water partition coefficient (Wildman–Crippen LogP) is 1.02. The first-order chi connectivity index (χ1) is 12.2. The lowest BCUT2D eigenvalue weighted by molar-refractivity contribution is -0.142. The van der Waals surface area contributed by atoms with Crippen LogP contribution < -0.4 is 10.6 Å². The Balaban J connectivity index is 1.58. The molecule has 10 heteroatoms. The Bertz CT molecular complexity index is 737. The van der Waals surface area contributed by atoms with Gasteiger partial charge < -0.3 is 10.1 Å². The standard InChI is InChI=1S/C15H20N6O3S/c1-2-24-13(22)8-12-18-19-15(25-12)17-14(23)11-5-7-21(20-11)10-4-3-6-16-9-10/h5,7,10,16H,2-4,6,8-9H2,1H3,(H,17,19,23). The van der Waals surface area contributed by atoms with Crippen molar-refractivity contribution in [2.75, 3.05) is 25.0 Å². The van der Waals surface area contributed by atoms with Crippen molar-refractivity contribution in [2.24, 2.45) is 0 Å². The molecule has 1 unspecified atom stereocenters. The van der Waals surface area contributed by atoms with Gasteiger partial charge in [-0.3, -0.25) is 19.6 Å². The molecule has 3 rings (SSSR count). The molecular weight excluding hydrogens is 344 g/mol. The molecule has 1 amide bonds. The summed E-state index contributed by atoms with van der Waals surface area (Å²) >= 11 is 1.15. The molecule has 0 spiro atoms. The van der Waals surface area contributed by atoms with Crippen LogP contribution in [0.2, 0.25) is 0 Å². The number of esters is 1. The van der Waals surface area contributed by atoms with Crippen LogP contribution in [-0.4, -0.2) is 51.6 Å². The Hall–Kier alpha value is -2.33. The van der Waals surface area contributed by atoms with Crippen molar-refractivity contribution in [2.45, 2.75) is 32.2 Å². The maximum absolute atomic E-state index is 12.3. The summed E-state index contributed by atoms with van der Waals surface area (Å²) in [6.07, 6.45) is 4.01. The van der Waals surface area contributed by atoms with Gasteiger partial charge in [0.25, 0.3) is 5.91 Å². The van der Waals surface area contributed by atoms with Gasteiger partial charge >= 0.3 is 5.97 Å². The summed E-state index contributed by atoms with van der Waals surface area (Å²) in [5.41, 5.74) is 0.327. The normalized spacial score (nSPS) is 17.2. The van der Waals surface area contributed by atoms with Crippen molar-refractivity contribution in [3.05, 3.63) is 23.0 Å². The molecule has 1 fully saturated rings. The molecule has 1 aliphatic rings. The minimum Gasteiger partial charge on any atom is -0.466 e. The fraction of sp³-hybridized carbons (Fsp3) is 0.533. The topological polar surface area (TPSA) is 111 Å². The van der Waals surface area contributed by atoms with Crippen LogP contribution in [-0.2, 0) is 16.0 Å². The number of hydrogen-bond acceptors (Lipinski definition) is 8. The van der Waals surface area contributed by atoms with Gasteiger partial charge in [-0.15, -0.1) is 10.2 Å². The second-order valence-corrected chi connectivity index (χ2v) is 6.68. The molecule has 2 aromatic heterocycles. The number of carbonyl (C=O) groups is 2. The minimum absolute atomic E-state index is 0.0463. The maximum Gasteiger partial charge on any atom is 0.312 e. The molecule has 0 saturated carbocycles. The van der Waals surface area contributed by atoms with E-state index in [9.17, 15) is 9.59 Å². The van der Waals surface area contributed by atoms with E-state index >= 15 is 0 Å². The van der Waals surface area contributed by atoms with Gasteiger partial charge in [-0.1, -0.05) is 11.3 Å². The van der Waals surface area contributed by atoms with E-state index in [1.807, 2.05) is 10.9 Å². The van der Waals surface area contributed by atoms with E-state index in [4.69, 9.17) is 4.74 Å². The van der Waals surface area contributed by atoms with Crippen molar-refractivity contribution < 1.29 is 14.3 Å². The van der Waals surface area contributed by atoms with Gasteiger partial charge in [-0.05, 0) is 32.4 Å². The minimum atomic E-state index is -0.364. The highest BCUT2D eigenvalue weighted by Gasteiger charge is 2.19. The van der Waals surface area contributed by atoms with Gasteiger partial charge in [0.05, 0.1) is 19.1 Å². The Kier molecular flexibility index (Phi) is 5.71. The smallest absolute Gasteiger partial charge is 0.312 e. The molecule has 1 saturated heterocycles. The van der Waals surface area contributed by atoms with Gasteiger partial charge in [0.2, 0.25) is 5.13 Å². The van der Waals surface area contributed by atoms with Crippen molar-refractivity contribution in [1.29, 1.82) is 0 Å². The Labute approximate surface area is 148 Å². The van der Waals surface area contributed by atoms with E-state index in [2.05, 4.69) is 25.9 Å². The van der Waals surface area contributed by atoms with Crippen LogP contribution in [0.4, 0.5) is 5.13 Å². The van der Waals surface area contributed by atoms with Crippen molar-refractivity contribution in [3.63, 3.8) is 0 Å². The highest BCUT2D eigenvalue weighted by Crippen LogP contribution is 2.18. The van der Waals surface area contributed by atoms with Crippen molar-refractivity contribution in [3.8, 4) is 0 Å². The van der Waals surface area contributed by atoms with E-state index in [1.54, 1.807) is 13.0 Å². The number of rotatable bonds is 6. The summed E-state index contributed by atoms with van der Waals surface area (Å²) in [7, 11) is 0. The third-order valence-electron chi connectivity index (χ3n) is 3.77. The molecule has 0 radical (unpaired) electrons. The zero-order chi connectivity index (χ0) is 17.6. The molecule has 134 valence electrons. The molecular formula is C15H20N6O3S. The number of anilines is 1. The summed E-state index contributed by atoms with van der Waals surface area (Å²) in [5, 5.41) is 18.9. The van der Waals surface area contributed by atoms with Gasteiger partial charge in [-0.2, -0.15) is 5.10 Å². The summed E-state index contributed by atoms with van der Waals surface area (Å²) < 4.78 is 6.69. The highest BCUT2D eigenvalue weighted by molar-refractivity contribution is 7.15. The molecule has 0 aromatic carbocycles. The van der Waals surface area contributed by atoms with Gasteiger partial charge in [0, 0.05) is 12.7 Å². The number of hydrogen-bond donors (Lipinski definition) is 2. The van der Waals surface area contributed by atoms with Crippen molar-refractivity contribution >= 4 is 28.3 Å². The Morgan fingerprint density at radius 3 is 3.12 bits per heavy atom. The number of carbonyl (C=O) groups excluding carboxylic acids is 2. The molecule has 1 aliphatic heterocycles. The lowest BCUT2D eigenvalue weighted by Crippen LogP contribution is -2.32. The van der Waals surface area contributed by atoms with Crippen molar-refractivity contribution in [1.82, 2.24) is 25.3 Å². The summed E-state index contributed by atoms with van der Waals surface area (Å²) in [6, 6.07) is 1.96. The summed E-state index contributed by atoms with van der Waals surface area (Å²) in [4.78, 5) is 23.7. The molecule has 25 heavy (non-hydrogen) atoms. The maximum atomic E-state index is 12.3. The average Bonchev–Trinajstić information content (AvgIpc) is 3.25. The number of nitrogens with one attached hydrogen (secondary N) is 2. The fourth-order valence-corrected chi connectivity index (χ4v) is 3.31. The lowest BCUT2D eigenvalue weighted by atomic mass is 10.1. The molecule has 3 heterocycles. The monoisotopic (exact) mass is 364 g/mol. The van der Waals surface area contributed by atoms with Crippen LogP contribution >= 0.6 is 11.3 Å². The first-order valence-corrected chi connectivity index (χ1v) is 9.02. The largest absolute Gasteiger partial charge is 0.466 e. The number of piperidine rings is 1. The number of amides is 1. The molecule has 2 N–H and O–H groups in total. The molecule has 0 aliphatic carbocycles. The number of nitrogens with zero attached hydrogens (tertiary/aromatic N) is 4. The zero-order valence-corrected chi connectivity index (χ0v) is 14.7. The van der Waals surface area contributed by atoms with Crippen LogP contribution in [0.15, 0.2) is 12.3 Å². The van der Waals surface area contributed by atoms with E-state index in [0.717, 1.165) is 37.3 Å². The van der Waals surface area contributed by atoms with Gasteiger partial charge in [0.1, 0.15) is 5.01 Å². The number of ether oxygens (including phenoxy) is 1. The quantitative estimate of drug-likeness (QED) is 0.736. The van der Waals surface area contributed by atoms with Gasteiger partial charge in [-0.25, -0.2) is 0 Å². The third kappa shape index (κ3) is 4.60. The number of aromatic nitrogens is 4. The average molecular weight is 364 g/mol. The predicted molar refractivity (Wildman–Crippen MR) is 91.6 cm³/mol. The summed E-state index contributed by atoms with van der Waals surface area (Å²) in [5.74, 6) is -0.710. The van der Waals surface area contributed by atoms with E-state index < -0.39 is 0 Å². The molecule has 9 nitrogen and oxygen atoms in total. The Morgan fingerprint density at radius 2 is 2.36 bits per heavy atom.